The number of imide groups is 2. The number of urea groups is 1. The molecular formula is C25H18BrClN2O3. The van der Waals surface area contributed by atoms with Gasteiger partial charge in [-0.1, -0.05) is 70.0 Å². The third-order valence-corrected chi connectivity index (χ3v) is 6.20. The number of halogens is 2. The highest BCUT2D eigenvalue weighted by molar-refractivity contribution is 9.10. The van der Waals surface area contributed by atoms with Crippen molar-refractivity contribution in [3.05, 3.63) is 104 Å². The number of nitrogens with one attached hydrogen (secondary N) is 1. The van der Waals surface area contributed by atoms with Crippen LogP contribution in [0, 0.1) is 6.92 Å². The topological polar surface area (TPSA) is 66.5 Å². The lowest BCUT2D eigenvalue weighted by atomic mass is 10.0. The second kappa shape index (κ2) is 9.10. The summed E-state index contributed by atoms with van der Waals surface area (Å²) in [6.45, 7) is 1.86. The van der Waals surface area contributed by atoms with Crippen molar-refractivity contribution in [1.29, 1.82) is 0 Å². The molecule has 1 aliphatic heterocycles. The van der Waals surface area contributed by atoms with Crippen LogP contribution in [-0.2, 0) is 16.0 Å². The van der Waals surface area contributed by atoms with Crippen molar-refractivity contribution in [2.75, 3.05) is 4.90 Å². The molecule has 0 bridgehead atoms. The van der Waals surface area contributed by atoms with Crippen LogP contribution in [-0.4, -0.2) is 17.8 Å². The first kappa shape index (κ1) is 22.0. The quantitative estimate of drug-likeness (QED) is 0.364. The van der Waals surface area contributed by atoms with Gasteiger partial charge < -0.3 is 0 Å². The Morgan fingerprint density at radius 3 is 2.47 bits per heavy atom. The number of nitrogens with zero attached hydrogens (tertiary/aromatic N) is 1. The maximum absolute atomic E-state index is 13.0. The van der Waals surface area contributed by atoms with Crippen LogP contribution in [0.15, 0.2) is 76.8 Å². The summed E-state index contributed by atoms with van der Waals surface area (Å²) in [5, 5.41) is 2.94. The lowest BCUT2D eigenvalue weighted by Crippen LogP contribution is -2.54. The summed E-state index contributed by atoms with van der Waals surface area (Å²) in [6, 6.07) is 19.4. The van der Waals surface area contributed by atoms with Gasteiger partial charge in [-0.3, -0.25) is 14.9 Å². The maximum atomic E-state index is 13.0. The molecule has 1 fully saturated rings. The number of hydrogen-bond donors (Lipinski definition) is 1. The molecule has 4 rings (SSSR count). The van der Waals surface area contributed by atoms with Gasteiger partial charge in [0.05, 0.1) is 5.69 Å². The molecule has 1 heterocycles. The Balaban J connectivity index is 1.64. The highest BCUT2D eigenvalue weighted by Gasteiger charge is 2.36. The molecule has 0 atom stereocenters. The van der Waals surface area contributed by atoms with Crippen LogP contribution in [0.25, 0.3) is 6.08 Å². The molecule has 4 amide bonds. The zero-order chi connectivity index (χ0) is 22.8. The molecule has 0 saturated carbocycles. The Bertz CT molecular complexity index is 1290. The van der Waals surface area contributed by atoms with Crippen molar-refractivity contribution in [2.24, 2.45) is 0 Å². The van der Waals surface area contributed by atoms with Gasteiger partial charge in [0, 0.05) is 15.9 Å². The van der Waals surface area contributed by atoms with Gasteiger partial charge >= 0.3 is 6.03 Å². The van der Waals surface area contributed by atoms with Gasteiger partial charge in [-0.2, -0.15) is 0 Å². The fourth-order valence-corrected chi connectivity index (χ4v) is 4.21. The number of aryl methyl sites for hydroxylation is 1. The number of carbonyl (C=O) groups excluding carboxylic acids is 3. The average Bonchev–Trinajstić information content (AvgIpc) is 2.74. The van der Waals surface area contributed by atoms with E-state index in [1.165, 1.54) is 6.08 Å². The van der Waals surface area contributed by atoms with Crippen LogP contribution in [0.3, 0.4) is 0 Å². The number of barbiturate groups is 1. The largest absolute Gasteiger partial charge is 0.335 e. The van der Waals surface area contributed by atoms with Gasteiger partial charge in [0.25, 0.3) is 11.8 Å². The summed E-state index contributed by atoms with van der Waals surface area (Å²) in [4.78, 5) is 38.8. The molecule has 0 spiro atoms. The summed E-state index contributed by atoms with van der Waals surface area (Å²) < 4.78 is 0.821. The Kier molecular flexibility index (Phi) is 6.26. The number of carbonyl (C=O) groups is 3. The number of amides is 4. The fraction of sp³-hybridized carbons (Fsp3) is 0.0800. The molecular weight excluding hydrogens is 492 g/mol. The zero-order valence-corrected chi connectivity index (χ0v) is 19.4. The van der Waals surface area contributed by atoms with Crippen LogP contribution in [0.1, 0.15) is 22.3 Å². The van der Waals surface area contributed by atoms with E-state index in [2.05, 4.69) is 21.2 Å². The summed E-state index contributed by atoms with van der Waals surface area (Å²) >= 11 is 9.83. The smallest absolute Gasteiger partial charge is 0.273 e. The van der Waals surface area contributed by atoms with Crippen molar-refractivity contribution in [3.8, 4) is 0 Å². The minimum Gasteiger partial charge on any atom is -0.273 e. The van der Waals surface area contributed by atoms with Crippen molar-refractivity contribution < 1.29 is 14.4 Å². The zero-order valence-electron chi connectivity index (χ0n) is 17.1. The fourth-order valence-electron chi connectivity index (χ4n) is 3.47. The van der Waals surface area contributed by atoms with E-state index < -0.39 is 17.8 Å². The number of rotatable bonds is 4. The van der Waals surface area contributed by atoms with E-state index in [0.717, 1.165) is 26.1 Å². The highest BCUT2D eigenvalue weighted by atomic mass is 79.9. The van der Waals surface area contributed by atoms with Gasteiger partial charge in [-0.15, -0.1) is 0 Å². The van der Waals surface area contributed by atoms with E-state index in [9.17, 15) is 14.4 Å². The molecule has 3 aromatic rings. The first-order valence-electron chi connectivity index (χ1n) is 9.83. The molecule has 32 heavy (non-hydrogen) atoms. The first-order chi connectivity index (χ1) is 15.3. The van der Waals surface area contributed by atoms with Crippen LogP contribution in [0.2, 0.25) is 5.02 Å². The third-order valence-electron chi connectivity index (χ3n) is 5.09. The predicted molar refractivity (Wildman–Crippen MR) is 129 cm³/mol. The number of anilines is 1. The molecule has 3 aromatic carbocycles. The predicted octanol–water partition coefficient (Wildman–Crippen LogP) is 5.67. The molecule has 1 aliphatic rings. The lowest BCUT2D eigenvalue weighted by Gasteiger charge is -2.26. The molecule has 0 unspecified atom stereocenters. The third kappa shape index (κ3) is 4.52. The average molecular weight is 510 g/mol. The van der Waals surface area contributed by atoms with E-state index in [0.29, 0.717) is 22.7 Å². The van der Waals surface area contributed by atoms with Gasteiger partial charge in [-0.05, 0) is 59.5 Å². The van der Waals surface area contributed by atoms with Crippen LogP contribution in [0.5, 0.6) is 0 Å². The molecule has 7 heteroatoms. The molecule has 1 N–H and O–H groups in total. The summed E-state index contributed by atoms with van der Waals surface area (Å²) in [5.41, 5.74) is 3.84. The lowest BCUT2D eigenvalue weighted by molar-refractivity contribution is -0.122. The van der Waals surface area contributed by atoms with Crippen molar-refractivity contribution >= 4 is 57.1 Å². The number of hydrogen-bond acceptors (Lipinski definition) is 3. The van der Waals surface area contributed by atoms with Crippen LogP contribution >= 0.6 is 27.5 Å². The summed E-state index contributed by atoms with van der Waals surface area (Å²) in [5.74, 6) is -1.39. The van der Waals surface area contributed by atoms with E-state index in [1.807, 2.05) is 55.5 Å². The van der Waals surface area contributed by atoms with Crippen LogP contribution < -0.4 is 10.2 Å². The molecule has 0 aliphatic carbocycles. The molecule has 5 nitrogen and oxygen atoms in total. The Hall–Kier alpha value is -3.22. The van der Waals surface area contributed by atoms with E-state index in [1.54, 1.807) is 18.2 Å². The van der Waals surface area contributed by atoms with Gasteiger partial charge in [0.2, 0.25) is 0 Å². The van der Waals surface area contributed by atoms with Crippen LogP contribution in [0.4, 0.5) is 10.5 Å². The Morgan fingerprint density at radius 2 is 1.75 bits per heavy atom. The van der Waals surface area contributed by atoms with E-state index in [-0.39, 0.29) is 5.57 Å². The van der Waals surface area contributed by atoms with Crippen molar-refractivity contribution in [2.45, 2.75) is 13.3 Å². The minimum absolute atomic E-state index is 0.114. The summed E-state index contributed by atoms with van der Waals surface area (Å²) in [6.07, 6.45) is 2.11. The molecule has 160 valence electrons. The normalized spacial score (nSPS) is 15.3. The van der Waals surface area contributed by atoms with Gasteiger partial charge in [-0.25, -0.2) is 9.69 Å². The van der Waals surface area contributed by atoms with E-state index in [4.69, 9.17) is 11.6 Å². The molecule has 0 radical (unpaired) electrons. The second-order valence-electron chi connectivity index (χ2n) is 7.42. The van der Waals surface area contributed by atoms with Gasteiger partial charge in [0.1, 0.15) is 5.57 Å². The second-order valence-corrected chi connectivity index (χ2v) is 8.68. The van der Waals surface area contributed by atoms with Crippen molar-refractivity contribution in [1.82, 2.24) is 5.32 Å². The number of benzene rings is 3. The standard InChI is InChI=1S/C25H18BrClN2O3/c1-15-5-4-7-19(11-15)29-24(31)20(23(30)28-25(29)32)12-16-9-10-17(21(26)13-16)14-18-6-2-3-8-22(18)27/h2-13H,14H2,1H3,(H,28,30,32)/b20-12+. The van der Waals surface area contributed by atoms with E-state index >= 15 is 0 Å². The maximum Gasteiger partial charge on any atom is 0.335 e. The Morgan fingerprint density at radius 1 is 0.969 bits per heavy atom. The Labute approximate surface area is 198 Å². The minimum atomic E-state index is -0.765. The molecule has 0 aromatic heterocycles. The summed E-state index contributed by atoms with van der Waals surface area (Å²) in [7, 11) is 0. The molecule has 1 saturated heterocycles. The highest BCUT2D eigenvalue weighted by Crippen LogP contribution is 2.27. The first-order valence-corrected chi connectivity index (χ1v) is 11.0. The monoisotopic (exact) mass is 508 g/mol. The SMILES string of the molecule is Cc1cccc(N2C(=O)NC(=O)/C(=C\c3ccc(Cc4ccccc4Cl)c(Br)c3)C2=O)c1. The van der Waals surface area contributed by atoms with Crippen molar-refractivity contribution in [3.63, 3.8) is 0 Å². The van der Waals surface area contributed by atoms with Gasteiger partial charge in [0.15, 0.2) is 0 Å².